The molecule has 0 radical (unpaired) electrons. The lowest BCUT2D eigenvalue weighted by Gasteiger charge is -2.32. The minimum Gasteiger partial charge on any atom is -0.445 e. The molecule has 1 aromatic carbocycles. The zero-order chi connectivity index (χ0) is 23.4. The number of hydrogen-bond acceptors (Lipinski definition) is 7. The Kier molecular flexibility index (Phi) is 7.48. The van der Waals surface area contributed by atoms with Gasteiger partial charge in [-0.25, -0.2) is 9.78 Å². The number of benzene rings is 1. The molecule has 1 aliphatic rings. The van der Waals surface area contributed by atoms with Gasteiger partial charge in [-0.05, 0) is 45.0 Å². The molecule has 2 aromatic rings. The molecule has 1 aromatic heterocycles. The average molecular weight is 457 g/mol. The van der Waals surface area contributed by atoms with E-state index in [4.69, 9.17) is 14.0 Å². The van der Waals surface area contributed by atoms with Gasteiger partial charge in [-0.1, -0.05) is 48.2 Å². The first-order valence-electron chi connectivity index (χ1n) is 10.3. The van der Waals surface area contributed by atoms with Crippen molar-refractivity contribution in [2.24, 2.45) is 0 Å². The molecule has 0 saturated carbocycles. The highest BCUT2D eigenvalue weighted by atomic mass is 32.2. The summed E-state index contributed by atoms with van der Waals surface area (Å²) >= 11 is 1.34. The third-order valence-electron chi connectivity index (χ3n) is 5.54. The smallest absolute Gasteiger partial charge is 0.445 e. The van der Waals surface area contributed by atoms with Crippen LogP contribution in [0.4, 0.5) is 4.79 Å². The van der Waals surface area contributed by atoms with E-state index in [0.29, 0.717) is 16.2 Å². The number of H-pyrrole nitrogens is 1. The monoisotopic (exact) mass is 457 g/mol. The van der Waals surface area contributed by atoms with Gasteiger partial charge in [-0.15, -0.1) is 0 Å². The van der Waals surface area contributed by atoms with Crippen molar-refractivity contribution in [3.63, 3.8) is 0 Å². The van der Waals surface area contributed by atoms with E-state index in [-0.39, 0.29) is 18.7 Å². The lowest BCUT2D eigenvalue weighted by atomic mass is 9.77. The number of alkyl carbamates (subject to hydrolysis) is 1. The predicted molar refractivity (Wildman–Crippen MR) is 125 cm³/mol. The van der Waals surface area contributed by atoms with Crippen molar-refractivity contribution in [2.45, 2.75) is 50.7 Å². The molecule has 32 heavy (non-hydrogen) atoms. The Morgan fingerprint density at radius 3 is 2.47 bits per heavy atom. The van der Waals surface area contributed by atoms with Gasteiger partial charge in [0.15, 0.2) is 5.16 Å². The maximum Gasteiger partial charge on any atom is 0.492 e. The van der Waals surface area contributed by atoms with E-state index in [0.717, 1.165) is 5.56 Å². The quantitative estimate of drug-likeness (QED) is 0.373. The van der Waals surface area contributed by atoms with E-state index in [9.17, 15) is 9.59 Å². The first kappa shape index (κ1) is 24.1. The fraction of sp³-hybridized carbons (Fsp3) is 0.409. The van der Waals surface area contributed by atoms with E-state index in [2.05, 4.69) is 15.3 Å². The maximum atomic E-state index is 12.5. The number of nitrogens with one attached hydrogen (secondary N) is 2. The fourth-order valence-corrected chi connectivity index (χ4v) is 3.29. The lowest BCUT2D eigenvalue weighted by Crippen LogP contribution is -2.41. The molecule has 3 rings (SSSR count). The van der Waals surface area contributed by atoms with E-state index < -0.39 is 24.4 Å². The third-order valence-corrected chi connectivity index (χ3v) is 6.14. The number of thioether (sulfide) groups is 1. The summed E-state index contributed by atoms with van der Waals surface area (Å²) in [6, 6.07) is 9.40. The number of carbonyl (C=O) groups excluding carboxylic acids is 1. The van der Waals surface area contributed by atoms with E-state index in [1.165, 1.54) is 18.0 Å². The molecule has 8 nitrogen and oxygen atoms in total. The third kappa shape index (κ3) is 5.82. The molecule has 0 spiro atoms. The molecule has 0 bridgehead atoms. The van der Waals surface area contributed by atoms with Crippen molar-refractivity contribution in [1.82, 2.24) is 15.3 Å². The summed E-state index contributed by atoms with van der Waals surface area (Å²) in [6.45, 7) is 7.99. The molecule has 1 saturated heterocycles. The molecule has 0 unspecified atom stereocenters. The number of amides is 1. The molecule has 1 aliphatic heterocycles. The summed E-state index contributed by atoms with van der Waals surface area (Å²) < 4.78 is 17.5. The van der Waals surface area contributed by atoms with Crippen LogP contribution < -0.4 is 10.9 Å². The molecular weight excluding hydrogens is 429 g/mol. The fourth-order valence-electron chi connectivity index (χ4n) is 2.94. The SMILES string of the molecule is CSc1ncc(C=C(CNC(=O)OCc2ccccc2)B2OC(C)(C)C(C)(C)O2)c(=O)[nH]1. The number of aromatic amines is 1. The molecule has 0 aliphatic carbocycles. The Balaban J connectivity index is 1.77. The molecule has 10 heteroatoms. The van der Waals surface area contributed by atoms with Crippen molar-refractivity contribution in [2.75, 3.05) is 12.8 Å². The Morgan fingerprint density at radius 2 is 1.88 bits per heavy atom. The van der Waals surface area contributed by atoms with Crippen LogP contribution in [0.5, 0.6) is 0 Å². The van der Waals surface area contributed by atoms with Crippen LogP contribution >= 0.6 is 11.8 Å². The summed E-state index contributed by atoms with van der Waals surface area (Å²) in [4.78, 5) is 31.7. The number of ether oxygens (including phenoxy) is 1. The molecule has 2 N–H and O–H groups in total. The summed E-state index contributed by atoms with van der Waals surface area (Å²) in [5.41, 5.74) is 0.368. The van der Waals surface area contributed by atoms with E-state index in [1.54, 1.807) is 6.08 Å². The van der Waals surface area contributed by atoms with Crippen LogP contribution in [0.3, 0.4) is 0 Å². The van der Waals surface area contributed by atoms with Gasteiger partial charge >= 0.3 is 13.2 Å². The first-order valence-corrected chi connectivity index (χ1v) is 11.5. The minimum absolute atomic E-state index is 0.0775. The summed E-state index contributed by atoms with van der Waals surface area (Å²) in [5, 5.41) is 3.24. The largest absolute Gasteiger partial charge is 0.492 e. The van der Waals surface area contributed by atoms with Crippen molar-refractivity contribution < 1.29 is 18.8 Å². The second kappa shape index (κ2) is 9.93. The van der Waals surface area contributed by atoms with Crippen molar-refractivity contribution in [1.29, 1.82) is 0 Å². The van der Waals surface area contributed by atoms with Crippen LogP contribution in [-0.4, -0.2) is 47.2 Å². The highest BCUT2D eigenvalue weighted by Gasteiger charge is 2.52. The summed E-state index contributed by atoms with van der Waals surface area (Å²) in [5.74, 6) is 0. The van der Waals surface area contributed by atoms with Crippen LogP contribution in [0.25, 0.3) is 6.08 Å². The van der Waals surface area contributed by atoms with Crippen molar-refractivity contribution in [3.8, 4) is 0 Å². The number of aromatic nitrogens is 2. The normalized spacial score (nSPS) is 17.3. The molecular formula is C22H28BN3O5S. The maximum absolute atomic E-state index is 12.5. The second-order valence-corrected chi connectivity index (χ2v) is 9.19. The average Bonchev–Trinajstić information content (AvgIpc) is 2.98. The minimum atomic E-state index is -0.742. The molecule has 2 heterocycles. The Morgan fingerprint density at radius 1 is 1.22 bits per heavy atom. The van der Waals surface area contributed by atoms with Gasteiger partial charge in [0.25, 0.3) is 5.56 Å². The number of hydrogen-bond donors (Lipinski definition) is 2. The predicted octanol–water partition coefficient (Wildman–Crippen LogP) is 3.43. The van der Waals surface area contributed by atoms with Crippen LogP contribution in [0, 0.1) is 0 Å². The molecule has 1 fully saturated rings. The first-order chi connectivity index (χ1) is 15.1. The zero-order valence-electron chi connectivity index (χ0n) is 18.9. The molecule has 1 amide bonds. The van der Waals surface area contributed by atoms with Gasteiger partial charge in [0.05, 0.1) is 16.8 Å². The van der Waals surface area contributed by atoms with E-state index in [1.807, 2.05) is 64.3 Å². The highest BCUT2D eigenvalue weighted by Crippen LogP contribution is 2.38. The van der Waals surface area contributed by atoms with Gasteiger partial charge < -0.3 is 24.3 Å². The second-order valence-electron chi connectivity index (χ2n) is 8.40. The Labute approximate surface area is 192 Å². The van der Waals surface area contributed by atoms with Crippen LogP contribution in [0.1, 0.15) is 38.8 Å². The lowest BCUT2D eigenvalue weighted by molar-refractivity contribution is 0.00578. The van der Waals surface area contributed by atoms with Crippen molar-refractivity contribution >= 4 is 31.0 Å². The number of rotatable bonds is 7. The summed E-state index contributed by atoms with van der Waals surface area (Å²) in [6.07, 6.45) is 4.37. The van der Waals surface area contributed by atoms with Crippen LogP contribution in [0.15, 0.2) is 52.0 Å². The summed E-state index contributed by atoms with van der Waals surface area (Å²) in [7, 11) is -0.742. The number of carbonyl (C=O) groups is 1. The Bertz CT molecular complexity index is 1020. The van der Waals surface area contributed by atoms with Gasteiger partial charge in [0.2, 0.25) is 0 Å². The zero-order valence-corrected chi connectivity index (χ0v) is 19.7. The van der Waals surface area contributed by atoms with Crippen molar-refractivity contribution in [3.05, 3.63) is 63.5 Å². The molecule has 170 valence electrons. The topological polar surface area (TPSA) is 103 Å². The number of nitrogens with zero attached hydrogens (tertiary/aromatic N) is 1. The van der Waals surface area contributed by atoms with Crippen LogP contribution in [-0.2, 0) is 20.7 Å². The van der Waals surface area contributed by atoms with Gasteiger partial charge in [-0.3, -0.25) is 4.79 Å². The van der Waals surface area contributed by atoms with E-state index >= 15 is 0 Å². The molecule has 0 atom stereocenters. The van der Waals surface area contributed by atoms with Gasteiger partial charge in [0.1, 0.15) is 6.61 Å². The van der Waals surface area contributed by atoms with Gasteiger partial charge in [-0.2, -0.15) is 0 Å². The highest BCUT2D eigenvalue weighted by molar-refractivity contribution is 7.98. The Hall–Kier alpha value is -2.56. The standard InChI is InChI=1S/C22H28BN3O5S/c1-21(2)22(3,4)31-23(30-21)17(11-16-12-24-19(32-5)26-18(16)27)13-25-20(28)29-14-15-9-7-6-8-10-15/h6-12H,13-14H2,1-5H3,(H,25,28)(H,24,26,27). The van der Waals surface area contributed by atoms with Crippen LogP contribution in [0.2, 0.25) is 0 Å². The van der Waals surface area contributed by atoms with Gasteiger partial charge in [0, 0.05) is 12.7 Å².